The zero-order chi connectivity index (χ0) is 31.2. The highest BCUT2D eigenvalue weighted by molar-refractivity contribution is 7.92. The largest absolute Gasteiger partial charge is 0.497 e. The topological polar surface area (TPSA) is 114 Å². The number of hydrogen-bond donors (Lipinski definition) is 2. The van der Waals surface area contributed by atoms with Crippen molar-refractivity contribution in [2.75, 3.05) is 35.7 Å². The summed E-state index contributed by atoms with van der Waals surface area (Å²) < 4.78 is 39.3. The van der Waals surface area contributed by atoms with Gasteiger partial charge in [-0.1, -0.05) is 57.2 Å². The normalized spacial score (nSPS) is 11.4. The highest BCUT2D eigenvalue weighted by atomic mass is 32.2. The predicted molar refractivity (Wildman–Crippen MR) is 169 cm³/mol. The van der Waals surface area contributed by atoms with Gasteiger partial charge in [0.2, 0.25) is 5.91 Å². The van der Waals surface area contributed by atoms with Gasteiger partial charge in [-0.3, -0.25) is 13.9 Å². The Bertz CT molecular complexity index is 1700. The van der Waals surface area contributed by atoms with Crippen LogP contribution in [0.4, 0.5) is 17.1 Å². The molecule has 0 aliphatic heterocycles. The minimum absolute atomic E-state index is 0.00733. The molecular weight excluding hydrogens is 566 g/mol. The van der Waals surface area contributed by atoms with Crippen LogP contribution >= 0.6 is 0 Å². The van der Waals surface area contributed by atoms with Crippen molar-refractivity contribution in [2.45, 2.75) is 31.1 Å². The van der Waals surface area contributed by atoms with Crippen molar-refractivity contribution in [2.24, 2.45) is 0 Å². The Balaban J connectivity index is 1.56. The summed E-state index contributed by atoms with van der Waals surface area (Å²) in [5.74, 6) is -0.269. The van der Waals surface area contributed by atoms with Gasteiger partial charge in [0.05, 0.1) is 24.8 Å². The SMILES string of the molecule is COc1ccc(OC)c(N(CC(=O)Nc2cccc(NC(=O)c3ccc(C(C)(C)C)cc3)c2)S(=O)(=O)c2ccccc2)c1. The number of ether oxygens (including phenoxy) is 2. The molecule has 0 saturated heterocycles. The summed E-state index contributed by atoms with van der Waals surface area (Å²) in [5, 5.41) is 5.58. The molecule has 4 aromatic carbocycles. The number of benzene rings is 4. The highest BCUT2D eigenvalue weighted by Crippen LogP contribution is 2.35. The van der Waals surface area contributed by atoms with Gasteiger partial charge in [0, 0.05) is 23.0 Å². The summed E-state index contributed by atoms with van der Waals surface area (Å²) in [4.78, 5) is 26.2. The summed E-state index contributed by atoms with van der Waals surface area (Å²) >= 11 is 0. The first-order chi connectivity index (χ1) is 20.4. The maximum Gasteiger partial charge on any atom is 0.264 e. The predicted octanol–water partition coefficient (Wildman–Crippen LogP) is 6.09. The number of nitrogens with zero attached hydrogens (tertiary/aromatic N) is 1. The third kappa shape index (κ3) is 7.52. The fourth-order valence-electron chi connectivity index (χ4n) is 4.34. The lowest BCUT2D eigenvalue weighted by atomic mass is 9.87. The highest BCUT2D eigenvalue weighted by Gasteiger charge is 2.30. The Hall–Kier alpha value is -4.83. The van der Waals surface area contributed by atoms with Gasteiger partial charge in [-0.15, -0.1) is 0 Å². The first-order valence-electron chi connectivity index (χ1n) is 13.5. The number of sulfonamides is 1. The molecule has 0 unspecified atom stereocenters. The van der Waals surface area contributed by atoms with Crippen molar-refractivity contribution in [3.05, 3.63) is 108 Å². The number of methoxy groups -OCH3 is 2. The molecule has 0 aliphatic rings. The summed E-state index contributed by atoms with van der Waals surface area (Å²) in [6.07, 6.45) is 0. The third-order valence-electron chi connectivity index (χ3n) is 6.69. The average Bonchev–Trinajstić information content (AvgIpc) is 2.99. The molecule has 224 valence electrons. The van der Waals surface area contributed by atoms with E-state index in [0.29, 0.717) is 22.7 Å². The van der Waals surface area contributed by atoms with Crippen molar-refractivity contribution in [1.29, 1.82) is 0 Å². The van der Waals surface area contributed by atoms with E-state index >= 15 is 0 Å². The van der Waals surface area contributed by atoms with Crippen LogP contribution in [0.3, 0.4) is 0 Å². The van der Waals surface area contributed by atoms with Crippen LogP contribution in [0.5, 0.6) is 11.5 Å². The average molecular weight is 602 g/mol. The van der Waals surface area contributed by atoms with Crippen LogP contribution in [0.1, 0.15) is 36.7 Å². The fourth-order valence-corrected chi connectivity index (χ4v) is 5.79. The van der Waals surface area contributed by atoms with E-state index < -0.39 is 22.5 Å². The maximum absolute atomic E-state index is 13.8. The molecule has 0 aliphatic carbocycles. The van der Waals surface area contributed by atoms with Crippen LogP contribution in [0.2, 0.25) is 0 Å². The Labute approximate surface area is 252 Å². The van der Waals surface area contributed by atoms with E-state index in [0.717, 1.165) is 9.87 Å². The lowest BCUT2D eigenvalue weighted by Crippen LogP contribution is -2.38. The zero-order valence-corrected chi connectivity index (χ0v) is 25.6. The molecule has 2 amide bonds. The molecule has 4 aromatic rings. The molecule has 9 nitrogen and oxygen atoms in total. The van der Waals surface area contributed by atoms with Crippen molar-refractivity contribution in [1.82, 2.24) is 0 Å². The Kier molecular flexibility index (Phi) is 9.40. The quantitative estimate of drug-likeness (QED) is 0.228. The van der Waals surface area contributed by atoms with Crippen LogP contribution in [0.15, 0.2) is 102 Å². The van der Waals surface area contributed by atoms with Crippen LogP contribution in [0, 0.1) is 0 Å². The van der Waals surface area contributed by atoms with Gasteiger partial charge in [-0.05, 0) is 65.6 Å². The molecule has 0 bridgehead atoms. The second-order valence-electron chi connectivity index (χ2n) is 10.8. The molecule has 43 heavy (non-hydrogen) atoms. The molecule has 0 spiro atoms. The molecule has 0 radical (unpaired) electrons. The molecule has 0 aromatic heterocycles. The number of rotatable bonds is 10. The molecule has 0 atom stereocenters. The minimum atomic E-state index is -4.19. The number of hydrogen-bond acceptors (Lipinski definition) is 6. The molecular formula is C33H35N3O6S. The van der Waals surface area contributed by atoms with Crippen LogP contribution in [-0.2, 0) is 20.2 Å². The number of anilines is 3. The maximum atomic E-state index is 13.8. The summed E-state index contributed by atoms with van der Waals surface area (Å²) in [7, 11) is -1.31. The van der Waals surface area contributed by atoms with E-state index in [4.69, 9.17) is 9.47 Å². The number of carbonyl (C=O) groups is 2. The van der Waals surface area contributed by atoms with Crippen LogP contribution in [-0.4, -0.2) is 41.0 Å². The van der Waals surface area contributed by atoms with E-state index in [1.54, 1.807) is 66.7 Å². The van der Waals surface area contributed by atoms with Gasteiger partial charge in [-0.2, -0.15) is 0 Å². The molecule has 0 heterocycles. The van der Waals surface area contributed by atoms with Crippen molar-refractivity contribution >= 4 is 38.9 Å². The first kappa shape index (κ1) is 31.1. The zero-order valence-electron chi connectivity index (χ0n) is 24.7. The Morgan fingerprint density at radius 3 is 2.02 bits per heavy atom. The number of amides is 2. The minimum Gasteiger partial charge on any atom is -0.497 e. The van der Waals surface area contributed by atoms with Gasteiger partial charge >= 0.3 is 0 Å². The second-order valence-corrected chi connectivity index (χ2v) is 12.6. The fraction of sp³-hybridized carbons (Fsp3) is 0.212. The van der Waals surface area contributed by atoms with E-state index in [1.807, 2.05) is 12.1 Å². The molecule has 10 heteroatoms. The molecule has 0 fully saturated rings. The van der Waals surface area contributed by atoms with Crippen LogP contribution in [0.25, 0.3) is 0 Å². The van der Waals surface area contributed by atoms with Gasteiger partial charge < -0.3 is 20.1 Å². The molecule has 4 rings (SSSR count). The van der Waals surface area contributed by atoms with E-state index in [1.165, 1.54) is 32.4 Å². The smallest absolute Gasteiger partial charge is 0.264 e. The van der Waals surface area contributed by atoms with Gasteiger partial charge in [0.1, 0.15) is 18.0 Å². The summed E-state index contributed by atoms with van der Waals surface area (Å²) in [5.41, 5.74) is 2.56. The van der Waals surface area contributed by atoms with Gasteiger partial charge in [0.15, 0.2) is 0 Å². The van der Waals surface area contributed by atoms with Crippen LogP contribution < -0.4 is 24.4 Å². The third-order valence-corrected chi connectivity index (χ3v) is 8.46. The van der Waals surface area contributed by atoms with Crippen molar-refractivity contribution in [3.63, 3.8) is 0 Å². The van der Waals surface area contributed by atoms with Gasteiger partial charge in [-0.25, -0.2) is 8.42 Å². The van der Waals surface area contributed by atoms with E-state index in [9.17, 15) is 18.0 Å². The first-order valence-corrected chi connectivity index (χ1v) is 15.0. The van der Waals surface area contributed by atoms with E-state index in [2.05, 4.69) is 31.4 Å². The Morgan fingerprint density at radius 2 is 1.42 bits per heavy atom. The number of nitrogens with one attached hydrogen (secondary N) is 2. The number of carbonyl (C=O) groups excluding carboxylic acids is 2. The molecule has 0 saturated carbocycles. The van der Waals surface area contributed by atoms with Crippen molar-refractivity contribution in [3.8, 4) is 11.5 Å². The van der Waals surface area contributed by atoms with Crippen molar-refractivity contribution < 1.29 is 27.5 Å². The summed E-state index contributed by atoms with van der Waals surface area (Å²) in [6.45, 7) is 5.75. The monoisotopic (exact) mass is 601 g/mol. The molecule has 2 N–H and O–H groups in total. The second kappa shape index (κ2) is 13.0. The standard InChI is InChI=1S/C33H35N3O6S/c1-33(2,3)24-16-14-23(15-17-24)32(38)35-26-11-9-10-25(20-26)34-31(37)22-36(43(39,40)28-12-7-6-8-13-28)29-21-27(41-4)18-19-30(29)42-5/h6-21H,22H2,1-5H3,(H,34,37)(H,35,38). The Morgan fingerprint density at radius 1 is 0.767 bits per heavy atom. The van der Waals surface area contributed by atoms with E-state index in [-0.39, 0.29) is 27.7 Å². The lowest BCUT2D eigenvalue weighted by Gasteiger charge is -2.26. The summed E-state index contributed by atoms with van der Waals surface area (Å²) in [6, 6.07) is 26.5. The lowest BCUT2D eigenvalue weighted by molar-refractivity contribution is -0.114. The van der Waals surface area contributed by atoms with Gasteiger partial charge in [0.25, 0.3) is 15.9 Å².